The van der Waals surface area contributed by atoms with Gasteiger partial charge in [-0.05, 0) is 78.2 Å². The summed E-state index contributed by atoms with van der Waals surface area (Å²) in [4.78, 5) is 24.9. The fraction of sp³-hybridized carbons (Fsp3) is 0.267. The molecule has 0 radical (unpaired) electrons. The number of rotatable bonds is 12. The highest BCUT2D eigenvalue weighted by Gasteiger charge is 2.18. The van der Waals surface area contributed by atoms with E-state index in [4.69, 9.17) is 14.6 Å². The Morgan fingerprint density at radius 1 is 0.944 bits per heavy atom. The van der Waals surface area contributed by atoms with Gasteiger partial charge in [-0.15, -0.1) is 11.3 Å². The first kappa shape index (κ1) is 25.5. The zero-order valence-corrected chi connectivity index (χ0v) is 21.4. The first-order valence-electron chi connectivity index (χ1n) is 12.2. The first-order valence-corrected chi connectivity index (χ1v) is 13.0. The van der Waals surface area contributed by atoms with Crippen molar-refractivity contribution in [2.75, 3.05) is 13.2 Å². The van der Waals surface area contributed by atoms with E-state index in [0.29, 0.717) is 42.2 Å². The first-order chi connectivity index (χ1) is 17.4. The third-order valence-electron chi connectivity index (χ3n) is 6.08. The molecule has 6 heteroatoms. The van der Waals surface area contributed by atoms with Crippen molar-refractivity contribution in [2.45, 2.75) is 39.5 Å². The minimum absolute atomic E-state index is 0.0174. The van der Waals surface area contributed by atoms with Crippen LogP contribution in [-0.4, -0.2) is 30.1 Å². The molecule has 1 aromatic heterocycles. The molecule has 36 heavy (non-hydrogen) atoms. The van der Waals surface area contributed by atoms with E-state index in [0.717, 1.165) is 38.9 Å². The SMILES string of the molecule is CCc1ccc(OCCCOc2ccc(CCC(=O)O)c(C)c2)c(C(=O)c2cc3ccccc3s2)c1. The lowest BCUT2D eigenvalue weighted by Gasteiger charge is -2.13. The molecule has 0 fully saturated rings. The van der Waals surface area contributed by atoms with Crippen LogP contribution in [0.4, 0.5) is 0 Å². The molecule has 0 spiro atoms. The van der Waals surface area contributed by atoms with Gasteiger partial charge >= 0.3 is 5.97 Å². The summed E-state index contributed by atoms with van der Waals surface area (Å²) in [5.41, 5.74) is 3.72. The molecule has 0 aliphatic rings. The fourth-order valence-electron chi connectivity index (χ4n) is 4.04. The second-order valence-corrected chi connectivity index (χ2v) is 9.78. The summed E-state index contributed by atoms with van der Waals surface area (Å²) in [7, 11) is 0. The van der Waals surface area contributed by atoms with Crippen LogP contribution in [0.15, 0.2) is 66.7 Å². The van der Waals surface area contributed by atoms with Crippen molar-refractivity contribution >= 4 is 33.2 Å². The third-order valence-corrected chi connectivity index (χ3v) is 7.20. The number of thiophene rings is 1. The summed E-state index contributed by atoms with van der Waals surface area (Å²) >= 11 is 1.50. The van der Waals surface area contributed by atoms with Crippen molar-refractivity contribution in [3.63, 3.8) is 0 Å². The predicted octanol–water partition coefficient (Wildman–Crippen LogP) is 6.87. The van der Waals surface area contributed by atoms with Gasteiger partial charge in [-0.25, -0.2) is 0 Å². The Morgan fingerprint density at radius 2 is 1.75 bits per heavy atom. The topological polar surface area (TPSA) is 72.8 Å². The Morgan fingerprint density at radius 3 is 2.50 bits per heavy atom. The van der Waals surface area contributed by atoms with E-state index in [1.165, 1.54) is 11.3 Å². The number of aliphatic carboxylic acids is 1. The van der Waals surface area contributed by atoms with Crippen LogP contribution in [0.2, 0.25) is 0 Å². The van der Waals surface area contributed by atoms with Crippen LogP contribution in [0, 0.1) is 6.92 Å². The van der Waals surface area contributed by atoms with E-state index in [1.807, 2.05) is 73.7 Å². The number of ether oxygens (including phenoxy) is 2. The van der Waals surface area contributed by atoms with E-state index in [-0.39, 0.29) is 12.2 Å². The number of ketones is 1. The molecular weight excluding hydrogens is 472 g/mol. The van der Waals surface area contributed by atoms with Gasteiger partial charge in [0.25, 0.3) is 0 Å². The summed E-state index contributed by atoms with van der Waals surface area (Å²) in [6, 6.07) is 21.5. The van der Waals surface area contributed by atoms with Gasteiger partial charge in [0.2, 0.25) is 5.78 Å². The zero-order chi connectivity index (χ0) is 25.5. The average Bonchev–Trinajstić information content (AvgIpc) is 3.32. The van der Waals surface area contributed by atoms with Gasteiger partial charge in [-0.2, -0.15) is 0 Å². The number of fused-ring (bicyclic) bond motifs is 1. The molecule has 1 heterocycles. The van der Waals surface area contributed by atoms with Crippen LogP contribution < -0.4 is 9.47 Å². The summed E-state index contributed by atoms with van der Waals surface area (Å²) in [6.07, 6.45) is 2.13. The quantitative estimate of drug-likeness (QED) is 0.169. The van der Waals surface area contributed by atoms with Gasteiger partial charge in [-0.3, -0.25) is 9.59 Å². The Bertz CT molecular complexity index is 1340. The minimum atomic E-state index is -0.798. The number of carbonyl (C=O) groups is 2. The lowest BCUT2D eigenvalue weighted by Crippen LogP contribution is -2.09. The van der Waals surface area contributed by atoms with Gasteiger partial charge < -0.3 is 14.6 Å². The smallest absolute Gasteiger partial charge is 0.303 e. The number of carbonyl (C=O) groups excluding carboxylic acids is 1. The van der Waals surface area contributed by atoms with E-state index >= 15 is 0 Å². The molecule has 0 unspecified atom stereocenters. The van der Waals surface area contributed by atoms with E-state index in [9.17, 15) is 9.59 Å². The van der Waals surface area contributed by atoms with Crippen LogP contribution >= 0.6 is 11.3 Å². The molecule has 0 saturated heterocycles. The molecular formula is C30H30O5S. The van der Waals surface area contributed by atoms with Gasteiger partial charge in [0.15, 0.2) is 0 Å². The van der Waals surface area contributed by atoms with Crippen LogP contribution in [0.25, 0.3) is 10.1 Å². The largest absolute Gasteiger partial charge is 0.493 e. The van der Waals surface area contributed by atoms with Gasteiger partial charge in [-0.1, -0.05) is 37.3 Å². The molecule has 3 aromatic carbocycles. The monoisotopic (exact) mass is 502 g/mol. The highest BCUT2D eigenvalue weighted by molar-refractivity contribution is 7.21. The minimum Gasteiger partial charge on any atom is -0.493 e. The van der Waals surface area contributed by atoms with Crippen LogP contribution in [0.5, 0.6) is 11.5 Å². The fourth-order valence-corrected chi connectivity index (χ4v) is 5.06. The molecule has 0 amide bonds. The number of hydrogen-bond donors (Lipinski definition) is 1. The molecule has 0 aliphatic carbocycles. The number of hydrogen-bond acceptors (Lipinski definition) is 5. The van der Waals surface area contributed by atoms with Crippen molar-refractivity contribution in [1.82, 2.24) is 0 Å². The molecule has 186 valence electrons. The summed E-state index contributed by atoms with van der Waals surface area (Å²) < 4.78 is 13.0. The Hall–Kier alpha value is -3.64. The predicted molar refractivity (Wildman–Crippen MR) is 144 cm³/mol. The molecule has 4 aromatic rings. The number of aryl methyl sites for hydroxylation is 3. The number of carboxylic acid groups (broad SMARTS) is 1. The van der Waals surface area contributed by atoms with E-state index in [2.05, 4.69) is 6.92 Å². The van der Waals surface area contributed by atoms with Gasteiger partial charge in [0.05, 0.1) is 23.7 Å². The Balaban J connectivity index is 1.36. The van der Waals surface area contributed by atoms with Crippen molar-refractivity contribution in [3.8, 4) is 11.5 Å². The maximum absolute atomic E-state index is 13.4. The lowest BCUT2D eigenvalue weighted by molar-refractivity contribution is -0.136. The standard InChI is InChI=1S/C30H30O5S/c1-3-21-9-13-26(25(18-21)30(33)28-19-23-7-4-5-8-27(23)36-28)35-16-6-15-34-24-12-10-22(20(2)17-24)11-14-29(31)32/h4-5,7-10,12-13,17-19H,3,6,11,14-16H2,1-2H3,(H,31,32). The number of benzene rings is 3. The maximum atomic E-state index is 13.4. The van der Waals surface area contributed by atoms with Crippen molar-refractivity contribution < 1.29 is 24.2 Å². The molecule has 4 rings (SSSR count). The summed E-state index contributed by atoms with van der Waals surface area (Å²) in [5.74, 6) is 0.525. The average molecular weight is 503 g/mol. The normalized spacial score (nSPS) is 10.9. The van der Waals surface area contributed by atoms with Crippen molar-refractivity contribution in [1.29, 1.82) is 0 Å². The zero-order valence-electron chi connectivity index (χ0n) is 20.6. The van der Waals surface area contributed by atoms with E-state index < -0.39 is 5.97 Å². The van der Waals surface area contributed by atoms with Crippen LogP contribution in [-0.2, 0) is 17.6 Å². The highest BCUT2D eigenvalue weighted by atomic mass is 32.1. The van der Waals surface area contributed by atoms with Crippen LogP contribution in [0.3, 0.4) is 0 Å². The molecule has 0 aliphatic heterocycles. The maximum Gasteiger partial charge on any atom is 0.303 e. The van der Waals surface area contributed by atoms with Gasteiger partial charge in [0, 0.05) is 17.5 Å². The molecule has 1 N–H and O–H groups in total. The third kappa shape index (κ3) is 6.32. The Labute approximate surface area is 215 Å². The molecule has 0 saturated carbocycles. The van der Waals surface area contributed by atoms with Gasteiger partial charge in [0.1, 0.15) is 11.5 Å². The second-order valence-electron chi connectivity index (χ2n) is 8.69. The molecule has 5 nitrogen and oxygen atoms in total. The number of carboxylic acids is 1. The highest BCUT2D eigenvalue weighted by Crippen LogP contribution is 2.30. The summed E-state index contributed by atoms with van der Waals surface area (Å²) in [5, 5.41) is 9.95. The van der Waals surface area contributed by atoms with E-state index in [1.54, 1.807) is 0 Å². The van der Waals surface area contributed by atoms with Crippen molar-refractivity contribution in [3.05, 3.63) is 93.9 Å². The Kier molecular flexibility index (Phi) is 8.39. The lowest BCUT2D eigenvalue weighted by atomic mass is 10.0. The summed E-state index contributed by atoms with van der Waals surface area (Å²) in [6.45, 7) is 4.93. The molecule has 0 atom stereocenters. The molecule has 0 bridgehead atoms. The second kappa shape index (κ2) is 11.9. The van der Waals surface area contributed by atoms with Crippen molar-refractivity contribution in [2.24, 2.45) is 0 Å². The van der Waals surface area contributed by atoms with Crippen LogP contribution in [0.1, 0.15) is 51.7 Å².